The number of nitrogens with zero attached hydrogens (tertiary/aromatic N) is 2. The van der Waals surface area contributed by atoms with E-state index in [1.165, 1.54) is 0 Å². The standard InChI is InChI=1S/C14H19N3O2/c1-14(2,3)19-16-13(18)8-9-17-10-15-11-6-4-5-7-12(11)17/h4-7,10H,8-9H2,1-3H3,(H,16,18). The average molecular weight is 261 g/mol. The number of fused-ring (bicyclic) bond motifs is 1. The number of benzene rings is 1. The third kappa shape index (κ3) is 3.79. The number of para-hydroxylation sites is 2. The molecular formula is C14H19N3O2. The molecule has 0 fully saturated rings. The third-order valence-electron chi connectivity index (χ3n) is 2.58. The Morgan fingerprint density at radius 1 is 1.37 bits per heavy atom. The van der Waals surface area contributed by atoms with Crippen molar-refractivity contribution in [1.29, 1.82) is 0 Å². The van der Waals surface area contributed by atoms with E-state index < -0.39 is 0 Å². The van der Waals surface area contributed by atoms with Crippen molar-refractivity contribution < 1.29 is 9.63 Å². The number of imidazole rings is 1. The van der Waals surface area contributed by atoms with Gasteiger partial charge in [0.05, 0.1) is 23.0 Å². The first-order chi connectivity index (χ1) is 8.96. The van der Waals surface area contributed by atoms with Crippen molar-refractivity contribution in [3.63, 3.8) is 0 Å². The molecule has 19 heavy (non-hydrogen) atoms. The van der Waals surface area contributed by atoms with E-state index in [2.05, 4.69) is 10.5 Å². The molecule has 0 bridgehead atoms. The predicted octanol–water partition coefficient (Wildman–Crippen LogP) is 2.27. The molecule has 0 spiro atoms. The zero-order valence-corrected chi connectivity index (χ0v) is 11.5. The molecule has 2 rings (SSSR count). The number of carbonyl (C=O) groups is 1. The zero-order chi connectivity index (χ0) is 13.9. The number of carbonyl (C=O) groups excluding carboxylic acids is 1. The lowest BCUT2D eigenvalue weighted by atomic mass is 10.2. The average Bonchev–Trinajstić information content (AvgIpc) is 2.76. The number of hydrogen-bond acceptors (Lipinski definition) is 3. The molecule has 102 valence electrons. The smallest absolute Gasteiger partial charge is 0.245 e. The second kappa shape index (κ2) is 5.40. The van der Waals surface area contributed by atoms with Gasteiger partial charge >= 0.3 is 0 Å². The van der Waals surface area contributed by atoms with Crippen molar-refractivity contribution in [3.05, 3.63) is 30.6 Å². The van der Waals surface area contributed by atoms with Gasteiger partial charge < -0.3 is 4.57 Å². The molecule has 0 aliphatic rings. The molecule has 1 heterocycles. The lowest BCUT2D eigenvalue weighted by Gasteiger charge is -2.18. The van der Waals surface area contributed by atoms with Crippen LogP contribution in [0.3, 0.4) is 0 Å². The highest BCUT2D eigenvalue weighted by atomic mass is 16.7. The highest BCUT2D eigenvalue weighted by Crippen LogP contribution is 2.12. The number of amides is 1. The van der Waals surface area contributed by atoms with Crippen molar-refractivity contribution >= 4 is 16.9 Å². The van der Waals surface area contributed by atoms with Crippen molar-refractivity contribution in [3.8, 4) is 0 Å². The van der Waals surface area contributed by atoms with Crippen LogP contribution in [0, 0.1) is 0 Å². The summed E-state index contributed by atoms with van der Waals surface area (Å²) in [5.74, 6) is -0.132. The first kappa shape index (κ1) is 13.5. The Bertz CT molecular complexity index is 569. The highest BCUT2D eigenvalue weighted by Gasteiger charge is 2.13. The number of hydroxylamine groups is 1. The Balaban J connectivity index is 1.90. The summed E-state index contributed by atoms with van der Waals surface area (Å²) in [6.45, 7) is 6.24. The maximum atomic E-state index is 11.7. The van der Waals surface area contributed by atoms with Gasteiger partial charge in [0.2, 0.25) is 5.91 Å². The van der Waals surface area contributed by atoms with E-state index in [9.17, 15) is 4.79 Å². The Kier molecular flexibility index (Phi) is 3.85. The van der Waals surface area contributed by atoms with Gasteiger partial charge in [-0.25, -0.2) is 10.5 Å². The number of hydrogen-bond donors (Lipinski definition) is 1. The van der Waals surface area contributed by atoms with Crippen LogP contribution in [-0.2, 0) is 16.2 Å². The molecule has 0 aliphatic carbocycles. The minimum Gasteiger partial charge on any atom is -0.330 e. The van der Waals surface area contributed by atoms with Crippen LogP contribution in [-0.4, -0.2) is 21.1 Å². The van der Waals surface area contributed by atoms with Crippen molar-refractivity contribution in [2.24, 2.45) is 0 Å². The normalized spacial score (nSPS) is 11.7. The van der Waals surface area contributed by atoms with Crippen LogP contribution in [0.5, 0.6) is 0 Å². The summed E-state index contributed by atoms with van der Waals surface area (Å²) >= 11 is 0. The van der Waals surface area contributed by atoms with Crippen LogP contribution < -0.4 is 5.48 Å². The number of rotatable bonds is 4. The van der Waals surface area contributed by atoms with Gasteiger partial charge in [-0.2, -0.15) is 0 Å². The van der Waals surface area contributed by atoms with E-state index in [0.29, 0.717) is 13.0 Å². The van der Waals surface area contributed by atoms with E-state index in [4.69, 9.17) is 4.84 Å². The Labute approximate surface area is 112 Å². The molecule has 1 aromatic heterocycles. The van der Waals surface area contributed by atoms with E-state index in [1.807, 2.05) is 49.6 Å². The van der Waals surface area contributed by atoms with E-state index in [1.54, 1.807) is 6.33 Å². The monoisotopic (exact) mass is 261 g/mol. The fourth-order valence-corrected chi connectivity index (χ4v) is 1.67. The molecule has 0 aliphatic heterocycles. The van der Waals surface area contributed by atoms with E-state index in [0.717, 1.165) is 11.0 Å². The van der Waals surface area contributed by atoms with Gasteiger partial charge in [0.25, 0.3) is 0 Å². The predicted molar refractivity (Wildman–Crippen MR) is 73.3 cm³/mol. The van der Waals surface area contributed by atoms with Crippen LogP contribution in [0.1, 0.15) is 27.2 Å². The van der Waals surface area contributed by atoms with Crippen molar-refractivity contribution in [1.82, 2.24) is 15.0 Å². The molecule has 1 N–H and O–H groups in total. The fraction of sp³-hybridized carbons (Fsp3) is 0.429. The SMILES string of the molecule is CC(C)(C)ONC(=O)CCn1cnc2ccccc21. The van der Waals surface area contributed by atoms with Gasteiger partial charge in [0.15, 0.2) is 0 Å². The summed E-state index contributed by atoms with van der Waals surface area (Å²) in [5.41, 5.74) is 4.06. The molecule has 0 saturated carbocycles. The topological polar surface area (TPSA) is 56.1 Å². The first-order valence-corrected chi connectivity index (χ1v) is 6.32. The molecule has 5 nitrogen and oxygen atoms in total. The Hall–Kier alpha value is -1.88. The van der Waals surface area contributed by atoms with Crippen LogP contribution in [0.2, 0.25) is 0 Å². The lowest BCUT2D eigenvalue weighted by Crippen LogP contribution is -2.33. The zero-order valence-electron chi connectivity index (χ0n) is 11.5. The number of aryl methyl sites for hydroxylation is 1. The summed E-state index contributed by atoms with van der Waals surface area (Å²) in [7, 11) is 0. The number of nitrogens with one attached hydrogen (secondary N) is 1. The molecule has 0 saturated heterocycles. The van der Waals surface area contributed by atoms with Gasteiger partial charge in [0, 0.05) is 13.0 Å². The van der Waals surface area contributed by atoms with Crippen LogP contribution >= 0.6 is 0 Å². The molecule has 1 aromatic carbocycles. The Morgan fingerprint density at radius 2 is 2.11 bits per heavy atom. The third-order valence-corrected chi connectivity index (χ3v) is 2.58. The summed E-state index contributed by atoms with van der Waals surface area (Å²) in [4.78, 5) is 21.2. The maximum absolute atomic E-state index is 11.7. The quantitative estimate of drug-likeness (QED) is 0.859. The van der Waals surface area contributed by atoms with E-state index >= 15 is 0 Å². The molecule has 0 unspecified atom stereocenters. The number of aromatic nitrogens is 2. The summed E-state index contributed by atoms with van der Waals surface area (Å²) < 4.78 is 1.96. The van der Waals surface area contributed by atoms with Crippen LogP contribution in [0.15, 0.2) is 30.6 Å². The minimum absolute atomic E-state index is 0.132. The first-order valence-electron chi connectivity index (χ1n) is 6.32. The molecule has 0 atom stereocenters. The van der Waals surface area contributed by atoms with Gasteiger partial charge in [0.1, 0.15) is 0 Å². The van der Waals surface area contributed by atoms with Crippen molar-refractivity contribution in [2.45, 2.75) is 39.3 Å². The van der Waals surface area contributed by atoms with Gasteiger partial charge in [-0.05, 0) is 32.9 Å². The molecule has 2 aromatic rings. The van der Waals surface area contributed by atoms with Gasteiger partial charge in [-0.3, -0.25) is 9.63 Å². The van der Waals surface area contributed by atoms with Crippen LogP contribution in [0.25, 0.3) is 11.0 Å². The second-order valence-corrected chi connectivity index (χ2v) is 5.42. The van der Waals surface area contributed by atoms with Gasteiger partial charge in [-0.1, -0.05) is 12.1 Å². The Morgan fingerprint density at radius 3 is 2.84 bits per heavy atom. The summed E-state index contributed by atoms with van der Waals surface area (Å²) in [6, 6.07) is 7.85. The van der Waals surface area contributed by atoms with Crippen molar-refractivity contribution in [2.75, 3.05) is 0 Å². The molecule has 5 heteroatoms. The fourth-order valence-electron chi connectivity index (χ4n) is 1.67. The second-order valence-electron chi connectivity index (χ2n) is 5.42. The highest BCUT2D eigenvalue weighted by molar-refractivity contribution is 5.76. The lowest BCUT2D eigenvalue weighted by molar-refractivity contribution is -0.145. The maximum Gasteiger partial charge on any atom is 0.245 e. The minimum atomic E-state index is -0.378. The largest absolute Gasteiger partial charge is 0.330 e. The summed E-state index contributed by atoms with van der Waals surface area (Å²) in [6.07, 6.45) is 2.11. The molecule has 0 radical (unpaired) electrons. The van der Waals surface area contributed by atoms with Gasteiger partial charge in [-0.15, -0.1) is 0 Å². The van der Waals surface area contributed by atoms with Crippen LogP contribution in [0.4, 0.5) is 0 Å². The molecular weight excluding hydrogens is 242 g/mol. The summed E-state index contributed by atoms with van der Waals surface area (Å²) in [5, 5.41) is 0. The van der Waals surface area contributed by atoms with E-state index in [-0.39, 0.29) is 11.5 Å². The molecule has 1 amide bonds.